The number of benzene rings is 3. The lowest BCUT2D eigenvalue weighted by Gasteiger charge is -2.23. The van der Waals surface area contributed by atoms with Gasteiger partial charge in [0.15, 0.2) is 0 Å². The van der Waals surface area contributed by atoms with Gasteiger partial charge in [-0.2, -0.15) is 0 Å². The molecule has 0 heterocycles. The maximum Gasteiger partial charge on any atom is 0.0867 e. The van der Waals surface area contributed by atoms with Crippen molar-refractivity contribution in [3.8, 4) is 11.1 Å². The predicted molar refractivity (Wildman–Crippen MR) is 102 cm³/mol. The molecule has 118 valence electrons. The van der Waals surface area contributed by atoms with E-state index in [1.807, 2.05) is 12.2 Å². The number of rotatable bonds is 2. The molecule has 4 rings (SSSR count). The Kier molecular flexibility index (Phi) is 3.57. The molecule has 0 saturated heterocycles. The minimum atomic E-state index is -0.738. The van der Waals surface area contributed by atoms with E-state index in [9.17, 15) is 0 Å². The second-order valence-electron chi connectivity index (χ2n) is 6.38. The van der Waals surface area contributed by atoms with Gasteiger partial charge in [0.1, 0.15) is 0 Å². The summed E-state index contributed by atoms with van der Waals surface area (Å²) in [4.78, 5) is 0. The van der Waals surface area contributed by atoms with Gasteiger partial charge in [-0.1, -0.05) is 78.9 Å². The molecular weight excluding hydrogens is 292 g/mol. The van der Waals surface area contributed by atoms with Gasteiger partial charge in [0.2, 0.25) is 0 Å². The van der Waals surface area contributed by atoms with E-state index >= 15 is 0 Å². The molecular formula is C22H20N2. The lowest BCUT2D eigenvalue weighted by Crippen LogP contribution is -2.47. The highest BCUT2D eigenvalue weighted by atomic mass is 14.9. The summed E-state index contributed by atoms with van der Waals surface area (Å²) in [6.07, 6.45) is 6.70. The molecule has 2 nitrogen and oxygen atoms in total. The zero-order valence-corrected chi connectivity index (χ0v) is 13.4. The lowest BCUT2D eigenvalue weighted by molar-refractivity contribution is 0.559. The number of hydrogen-bond donors (Lipinski definition) is 2. The monoisotopic (exact) mass is 312 g/mol. The largest absolute Gasteiger partial charge is 0.310 e. The van der Waals surface area contributed by atoms with Crippen LogP contribution in [0.15, 0.2) is 85.0 Å². The van der Waals surface area contributed by atoms with Crippen LogP contribution in [0.5, 0.6) is 0 Å². The van der Waals surface area contributed by atoms with E-state index in [1.165, 1.54) is 33.0 Å². The summed E-state index contributed by atoms with van der Waals surface area (Å²) in [6, 6.07) is 23.4. The molecule has 1 aliphatic rings. The van der Waals surface area contributed by atoms with Crippen LogP contribution in [-0.2, 0) is 0 Å². The Labute approximate surface area is 142 Å². The average molecular weight is 312 g/mol. The van der Waals surface area contributed by atoms with Crippen molar-refractivity contribution >= 4 is 16.3 Å². The molecule has 3 aromatic rings. The van der Waals surface area contributed by atoms with E-state index in [2.05, 4.69) is 72.8 Å². The van der Waals surface area contributed by atoms with Crippen molar-refractivity contribution in [3.63, 3.8) is 0 Å². The summed E-state index contributed by atoms with van der Waals surface area (Å²) in [7, 11) is 0. The Morgan fingerprint density at radius 3 is 2.17 bits per heavy atom. The first kappa shape index (κ1) is 14.9. The van der Waals surface area contributed by atoms with Crippen molar-refractivity contribution < 1.29 is 0 Å². The topological polar surface area (TPSA) is 52.0 Å². The van der Waals surface area contributed by atoms with Crippen LogP contribution in [0.3, 0.4) is 0 Å². The third-order valence-corrected chi connectivity index (χ3v) is 4.57. The maximum absolute atomic E-state index is 5.99. The smallest absolute Gasteiger partial charge is 0.0867 e. The Bertz CT molecular complexity index is 959. The Morgan fingerprint density at radius 1 is 0.708 bits per heavy atom. The van der Waals surface area contributed by atoms with E-state index in [0.717, 1.165) is 0 Å². The fourth-order valence-corrected chi connectivity index (χ4v) is 3.30. The van der Waals surface area contributed by atoms with E-state index in [-0.39, 0.29) is 0 Å². The van der Waals surface area contributed by atoms with Crippen LogP contribution < -0.4 is 11.5 Å². The van der Waals surface area contributed by atoms with Gasteiger partial charge in [-0.25, -0.2) is 0 Å². The maximum atomic E-state index is 5.99. The second-order valence-corrected chi connectivity index (χ2v) is 6.38. The number of hydrogen-bond acceptors (Lipinski definition) is 2. The quantitative estimate of drug-likeness (QED) is 0.686. The van der Waals surface area contributed by atoms with Crippen molar-refractivity contribution in [2.75, 3.05) is 0 Å². The molecule has 0 saturated carbocycles. The van der Waals surface area contributed by atoms with Crippen molar-refractivity contribution in [1.82, 2.24) is 0 Å². The molecule has 0 aromatic heterocycles. The third-order valence-electron chi connectivity index (χ3n) is 4.57. The summed E-state index contributed by atoms with van der Waals surface area (Å²) < 4.78 is 0. The van der Waals surface area contributed by atoms with Gasteiger partial charge in [0, 0.05) is 6.42 Å². The van der Waals surface area contributed by atoms with Crippen LogP contribution in [0, 0.1) is 0 Å². The highest BCUT2D eigenvalue weighted by Gasteiger charge is 2.19. The average Bonchev–Trinajstić information content (AvgIpc) is 2.61. The fourth-order valence-electron chi connectivity index (χ4n) is 3.30. The molecule has 4 N–H and O–H groups in total. The molecule has 1 aliphatic carbocycles. The highest BCUT2D eigenvalue weighted by molar-refractivity contribution is 6.00. The van der Waals surface area contributed by atoms with Gasteiger partial charge < -0.3 is 11.5 Å². The molecule has 0 unspecified atom stereocenters. The Hall–Kier alpha value is -2.68. The Balaban J connectivity index is 1.89. The Morgan fingerprint density at radius 2 is 1.38 bits per heavy atom. The van der Waals surface area contributed by atoms with Crippen LogP contribution >= 0.6 is 0 Å². The van der Waals surface area contributed by atoms with Crippen molar-refractivity contribution in [2.45, 2.75) is 12.1 Å². The predicted octanol–water partition coefficient (Wildman–Crippen LogP) is 4.46. The number of allylic oxidation sites excluding steroid dienone is 2. The van der Waals surface area contributed by atoms with Crippen molar-refractivity contribution in [2.24, 2.45) is 11.5 Å². The zero-order chi connectivity index (χ0) is 16.6. The van der Waals surface area contributed by atoms with Crippen molar-refractivity contribution in [1.29, 1.82) is 0 Å². The standard InChI is InChI=1S/C22H20N2/c23-22(24)14-12-17(13-15-22)19-9-3-4-10-20(19)21-11-5-7-16-6-1-2-8-18(16)21/h1-14H,15,23-24H2. The van der Waals surface area contributed by atoms with Gasteiger partial charge >= 0.3 is 0 Å². The fraction of sp³-hybridized carbons (Fsp3) is 0.0909. The van der Waals surface area contributed by atoms with Gasteiger partial charge in [0.05, 0.1) is 5.66 Å². The molecule has 0 aliphatic heterocycles. The minimum Gasteiger partial charge on any atom is -0.310 e. The van der Waals surface area contributed by atoms with Gasteiger partial charge in [-0.3, -0.25) is 0 Å². The van der Waals surface area contributed by atoms with Gasteiger partial charge in [-0.15, -0.1) is 0 Å². The van der Waals surface area contributed by atoms with E-state index in [0.29, 0.717) is 6.42 Å². The zero-order valence-electron chi connectivity index (χ0n) is 13.4. The first-order chi connectivity index (χ1) is 11.6. The molecule has 0 amide bonds. The molecule has 0 fully saturated rings. The van der Waals surface area contributed by atoms with E-state index in [1.54, 1.807) is 0 Å². The molecule has 0 bridgehead atoms. The molecule has 0 spiro atoms. The number of nitrogens with two attached hydrogens (primary N) is 2. The number of fused-ring (bicyclic) bond motifs is 1. The SMILES string of the molecule is NC1(N)C=CC(c2ccccc2-c2cccc3ccccc23)=CC1. The highest BCUT2D eigenvalue weighted by Crippen LogP contribution is 2.35. The van der Waals surface area contributed by atoms with Gasteiger partial charge in [0.25, 0.3) is 0 Å². The molecule has 0 atom stereocenters. The first-order valence-corrected chi connectivity index (χ1v) is 8.19. The summed E-state index contributed by atoms with van der Waals surface area (Å²) >= 11 is 0. The van der Waals surface area contributed by atoms with Crippen LogP contribution in [0.4, 0.5) is 0 Å². The van der Waals surface area contributed by atoms with E-state index < -0.39 is 5.66 Å². The summed E-state index contributed by atoms with van der Waals surface area (Å²) in [5.41, 5.74) is 16.1. The summed E-state index contributed by atoms with van der Waals surface area (Å²) in [5, 5.41) is 2.51. The van der Waals surface area contributed by atoms with Crippen LogP contribution in [0.2, 0.25) is 0 Å². The van der Waals surface area contributed by atoms with Crippen LogP contribution in [0.1, 0.15) is 12.0 Å². The second kappa shape index (κ2) is 5.75. The third kappa shape index (κ3) is 2.67. The molecule has 0 radical (unpaired) electrons. The lowest BCUT2D eigenvalue weighted by atomic mass is 9.88. The molecule has 2 heteroatoms. The normalized spacial score (nSPS) is 16.2. The van der Waals surface area contributed by atoms with Crippen LogP contribution in [-0.4, -0.2) is 5.66 Å². The summed E-state index contributed by atoms with van der Waals surface area (Å²) in [6.45, 7) is 0. The minimum absolute atomic E-state index is 0.642. The summed E-state index contributed by atoms with van der Waals surface area (Å²) in [5.74, 6) is 0. The molecule has 24 heavy (non-hydrogen) atoms. The van der Waals surface area contributed by atoms with E-state index in [4.69, 9.17) is 11.5 Å². The first-order valence-electron chi connectivity index (χ1n) is 8.19. The van der Waals surface area contributed by atoms with Crippen molar-refractivity contribution in [3.05, 3.63) is 90.5 Å². The van der Waals surface area contributed by atoms with Crippen LogP contribution in [0.25, 0.3) is 27.5 Å². The van der Waals surface area contributed by atoms with Gasteiger partial charge in [-0.05, 0) is 39.1 Å². The molecule has 3 aromatic carbocycles.